The Morgan fingerprint density at radius 3 is 2.31 bits per heavy atom. The van der Waals surface area contributed by atoms with Crippen molar-refractivity contribution in [3.05, 3.63) is 0 Å². The molecule has 1 heteroatoms. The molecule has 1 nitrogen and oxygen atoms in total. The molecule has 0 aromatic carbocycles. The van der Waals surface area contributed by atoms with Crippen LogP contribution in [0.1, 0.15) is 59.8 Å². The molecule has 0 aromatic rings. The maximum atomic E-state index is 10.5. The molecule has 2 atom stereocenters. The van der Waals surface area contributed by atoms with Gasteiger partial charge in [0.25, 0.3) is 0 Å². The Morgan fingerprint density at radius 1 is 1.31 bits per heavy atom. The van der Waals surface area contributed by atoms with Gasteiger partial charge in [-0.1, -0.05) is 34.1 Å². The van der Waals surface area contributed by atoms with Crippen LogP contribution >= 0.6 is 0 Å². The minimum atomic E-state index is -0.386. The molecule has 0 radical (unpaired) electrons. The fourth-order valence-electron chi connectivity index (χ4n) is 2.49. The molecule has 1 rings (SSSR count). The van der Waals surface area contributed by atoms with Crippen molar-refractivity contribution in [3.8, 4) is 0 Å². The second kappa shape index (κ2) is 3.61. The highest BCUT2D eigenvalue weighted by molar-refractivity contribution is 4.99. The molecule has 0 saturated heterocycles. The molecule has 0 bridgehead atoms. The topological polar surface area (TPSA) is 20.2 Å². The lowest BCUT2D eigenvalue weighted by Gasteiger charge is -2.38. The molecule has 78 valence electrons. The molecule has 0 aromatic heterocycles. The zero-order chi connectivity index (χ0) is 10.1. The third-order valence-corrected chi connectivity index (χ3v) is 4.03. The van der Waals surface area contributed by atoms with Gasteiger partial charge in [-0.3, -0.25) is 0 Å². The summed E-state index contributed by atoms with van der Waals surface area (Å²) in [6.07, 6.45) is 5.54. The highest BCUT2D eigenvalue weighted by Crippen LogP contribution is 2.49. The van der Waals surface area contributed by atoms with Gasteiger partial charge in [-0.05, 0) is 37.0 Å². The van der Waals surface area contributed by atoms with Crippen molar-refractivity contribution in [2.45, 2.75) is 65.4 Å². The van der Waals surface area contributed by atoms with Gasteiger partial charge in [-0.25, -0.2) is 0 Å². The predicted octanol–water partition coefficient (Wildman–Crippen LogP) is 3.36. The largest absolute Gasteiger partial charge is 0.389 e. The van der Waals surface area contributed by atoms with Crippen molar-refractivity contribution in [1.29, 1.82) is 0 Å². The second-order valence-electron chi connectivity index (χ2n) is 5.49. The van der Waals surface area contributed by atoms with Gasteiger partial charge in [-0.15, -0.1) is 0 Å². The molecule has 1 aliphatic carbocycles. The standard InChI is InChI=1S/C12H24O/c1-5-10(2)9-12(13)8-6-7-11(12,3)4/h10,13H,5-9H2,1-4H3. The van der Waals surface area contributed by atoms with E-state index in [2.05, 4.69) is 27.7 Å². The van der Waals surface area contributed by atoms with E-state index in [9.17, 15) is 5.11 Å². The Morgan fingerprint density at radius 2 is 1.92 bits per heavy atom. The van der Waals surface area contributed by atoms with E-state index < -0.39 is 0 Å². The lowest BCUT2D eigenvalue weighted by atomic mass is 9.73. The molecule has 1 N–H and O–H groups in total. The lowest BCUT2D eigenvalue weighted by molar-refractivity contribution is -0.0599. The van der Waals surface area contributed by atoms with Crippen LogP contribution in [-0.2, 0) is 0 Å². The summed E-state index contributed by atoms with van der Waals surface area (Å²) < 4.78 is 0. The van der Waals surface area contributed by atoms with Crippen LogP contribution in [0.3, 0.4) is 0 Å². The highest BCUT2D eigenvalue weighted by Gasteiger charge is 2.47. The fraction of sp³-hybridized carbons (Fsp3) is 1.00. The molecular formula is C12H24O. The van der Waals surface area contributed by atoms with E-state index in [-0.39, 0.29) is 11.0 Å². The first-order valence-corrected chi connectivity index (χ1v) is 5.64. The molecule has 0 amide bonds. The first-order valence-electron chi connectivity index (χ1n) is 5.64. The van der Waals surface area contributed by atoms with Crippen LogP contribution in [-0.4, -0.2) is 10.7 Å². The van der Waals surface area contributed by atoms with Gasteiger partial charge >= 0.3 is 0 Å². The zero-order valence-electron chi connectivity index (χ0n) is 9.56. The van der Waals surface area contributed by atoms with Gasteiger partial charge in [0.15, 0.2) is 0 Å². The Hall–Kier alpha value is -0.0400. The van der Waals surface area contributed by atoms with E-state index in [4.69, 9.17) is 0 Å². The minimum Gasteiger partial charge on any atom is -0.389 e. The summed E-state index contributed by atoms with van der Waals surface area (Å²) in [5.41, 5.74) is -0.251. The van der Waals surface area contributed by atoms with Crippen LogP contribution in [0.5, 0.6) is 0 Å². The predicted molar refractivity (Wildman–Crippen MR) is 56.7 cm³/mol. The van der Waals surface area contributed by atoms with E-state index in [0.717, 1.165) is 12.8 Å². The highest BCUT2D eigenvalue weighted by atomic mass is 16.3. The van der Waals surface area contributed by atoms with Gasteiger partial charge in [0.1, 0.15) is 0 Å². The summed E-state index contributed by atoms with van der Waals surface area (Å²) in [7, 11) is 0. The van der Waals surface area contributed by atoms with Crippen LogP contribution in [0.4, 0.5) is 0 Å². The smallest absolute Gasteiger partial charge is 0.0701 e. The molecule has 0 aliphatic heterocycles. The van der Waals surface area contributed by atoms with Gasteiger partial charge in [0, 0.05) is 0 Å². The zero-order valence-corrected chi connectivity index (χ0v) is 9.56. The van der Waals surface area contributed by atoms with Crippen molar-refractivity contribution >= 4 is 0 Å². The molecule has 0 spiro atoms. The van der Waals surface area contributed by atoms with Gasteiger partial charge in [0.2, 0.25) is 0 Å². The van der Waals surface area contributed by atoms with Crippen molar-refractivity contribution in [1.82, 2.24) is 0 Å². The number of aliphatic hydroxyl groups is 1. The SMILES string of the molecule is CCC(C)CC1(O)CCCC1(C)C. The normalized spacial score (nSPS) is 34.8. The van der Waals surface area contributed by atoms with Crippen molar-refractivity contribution in [3.63, 3.8) is 0 Å². The first-order chi connectivity index (χ1) is 5.91. The van der Waals surface area contributed by atoms with Gasteiger partial charge in [0.05, 0.1) is 5.60 Å². The van der Waals surface area contributed by atoms with Gasteiger partial charge in [-0.2, -0.15) is 0 Å². The van der Waals surface area contributed by atoms with Crippen LogP contribution < -0.4 is 0 Å². The van der Waals surface area contributed by atoms with E-state index >= 15 is 0 Å². The fourth-order valence-corrected chi connectivity index (χ4v) is 2.49. The summed E-state index contributed by atoms with van der Waals surface area (Å²) >= 11 is 0. The summed E-state index contributed by atoms with van der Waals surface area (Å²) in [4.78, 5) is 0. The van der Waals surface area contributed by atoms with Crippen LogP contribution in [0.2, 0.25) is 0 Å². The molecule has 2 unspecified atom stereocenters. The summed E-state index contributed by atoms with van der Waals surface area (Å²) in [6, 6.07) is 0. The first kappa shape index (κ1) is 11.0. The molecule has 13 heavy (non-hydrogen) atoms. The Kier molecular flexibility index (Phi) is 3.06. The Balaban J connectivity index is 2.64. The van der Waals surface area contributed by atoms with Crippen LogP contribution in [0, 0.1) is 11.3 Å². The maximum absolute atomic E-state index is 10.5. The molecular weight excluding hydrogens is 160 g/mol. The quantitative estimate of drug-likeness (QED) is 0.713. The Bertz CT molecular complexity index is 174. The third-order valence-electron chi connectivity index (χ3n) is 4.03. The lowest BCUT2D eigenvalue weighted by Crippen LogP contribution is -2.41. The van der Waals surface area contributed by atoms with Crippen molar-refractivity contribution < 1.29 is 5.11 Å². The molecule has 0 heterocycles. The average molecular weight is 184 g/mol. The van der Waals surface area contributed by atoms with E-state index in [1.165, 1.54) is 19.3 Å². The molecule has 1 aliphatic rings. The van der Waals surface area contributed by atoms with Crippen LogP contribution in [0.15, 0.2) is 0 Å². The van der Waals surface area contributed by atoms with E-state index in [0.29, 0.717) is 5.92 Å². The summed E-state index contributed by atoms with van der Waals surface area (Å²) in [5.74, 6) is 0.655. The number of hydrogen-bond donors (Lipinski definition) is 1. The Labute approximate surface area is 82.5 Å². The average Bonchev–Trinajstić information content (AvgIpc) is 2.26. The second-order valence-corrected chi connectivity index (χ2v) is 5.49. The van der Waals surface area contributed by atoms with Crippen LogP contribution in [0.25, 0.3) is 0 Å². The van der Waals surface area contributed by atoms with Crippen molar-refractivity contribution in [2.75, 3.05) is 0 Å². The summed E-state index contributed by atoms with van der Waals surface area (Å²) in [5, 5.41) is 10.5. The number of hydrogen-bond acceptors (Lipinski definition) is 1. The molecule has 1 saturated carbocycles. The molecule has 1 fully saturated rings. The third kappa shape index (κ3) is 2.07. The monoisotopic (exact) mass is 184 g/mol. The van der Waals surface area contributed by atoms with Crippen molar-refractivity contribution in [2.24, 2.45) is 11.3 Å². The minimum absolute atomic E-state index is 0.135. The van der Waals surface area contributed by atoms with Gasteiger partial charge < -0.3 is 5.11 Å². The van der Waals surface area contributed by atoms with E-state index in [1.807, 2.05) is 0 Å². The summed E-state index contributed by atoms with van der Waals surface area (Å²) in [6.45, 7) is 8.87. The van der Waals surface area contributed by atoms with E-state index in [1.54, 1.807) is 0 Å². The maximum Gasteiger partial charge on any atom is 0.0701 e. The number of rotatable bonds is 3.